The summed E-state index contributed by atoms with van der Waals surface area (Å²) < 4.78 is 5.25. The lowest BCUT2D eigenvalue weighted by molar-refractivity contribution is -0.123. The smallest absolute Gasteiger partial charge is 0.234 e. The van der Waals surface area contributed by atoms with E-state index in [1.165, 1.54) is 0 Å². The first kappa shape index (κ1) is 13.2. The van der Waals surface area contributed by atoms with Crippen molar-refractivity contribution in [1.29, 1.82) is 0 Å². The van der Waals surface area contributed by atoms with Crippen molar-refractivity contribution >= 4 is 5.91 Å². The van der Waals surface area contributed by atoms with E-state index in [9.17, 15) is 9.90 Å². The predicted molar refractivity (Wildman–Crippen MR) is 60.3 cm³/mol. The molecular weight excluding hydrogens is 208 g/mol. The van der Waals surface area contributed by atoms with Crippen LogP contribution in [0.4, 0.5) is 0 Å². The maximum atomic E-state index is 11.1. The first-order valence-corrected chi connectivity index (χ1v) is 5.68. The fourth-order valence-electron chi connectivity index (χ4n) is 1.77. The summed E-state index contributed by atoms with van der Waals surface area (Å²) in [4.78, 5) is 11.1. The molecule has 0 radical (unpaired) electrons. The zero-order valence-electron chi connectivity index (χ0n) is 9.77. The van der Waals surface area contributed by atoms with Gasteiger partial charge in [0, 0.05) is 0 Å². The molecule has 92 valence electrons. The highest BCUT2D eigenvalue weighted by Gasteiger charge is 2.28. The molecule has 1 aliphatic heterocycles. The minimum Gasteiger partial charge on any atom is -0.368 e. The zero-order valence-corrected chi connectivity index (χ0v) is 9.77. The number of hydrogen-bond donors (Lipinski definition) is 3. The van der Waals surface area contributed by atoms with Gasteiger partial charge >= 0.3 is 0 Å². The van der Waals surface area contributed by atoms with E-state index in [2.05, 4.69) is 5.32 Å². The fourth-order valence-corrected chi connectivity index (χ4v) is 1.77. The summed E-state index contributed by atoms with van der Waals surface area (Å²) in [6.45, 7) is 3.92. The number of nitrogens with two attached hydrogens (primary N) is 1. The topological polar surface area (TPSA) is 84.6 Å². The maximum absolute atomic E-state index is 11.1. The molecule has 0 aromatic carbocycles. The van der Waals surface area contributed by atoms with Gasteiger partial charge in [-0.1, -0.05) is 20.3 Å². The van der Waals surface area contributed by atoms with Gasteiger partial charge in [-0.3, -0.25) is 10.1 Å². The number of rotatable bonds is 6. The number of aliphatic hydroxyl groups excluding tert-OH is 1. The van der Waals surface area contributed by atoms with Crippen LogP contribution in [0.3, 0.4) is 0 Å². The molecule has 1 rings (SSSR count). The molecule has 0 saturated heterocycles. The molecule has 1 aliphatic rings. The molecule has 1 amide bonds. The van der Waals surface area contributed by atoms with Crippen molar-refractivity contribution in [2.45, 2.75) is 51.7 Å². The summed E-state index contributed by atoms with van der Waals surface area (Å²) in [5.41, 5.74) is 6.22. The lowest BCUT2D eigenvalue weighted by Crippen LogP contribution is -2.47. The molecule has 5 heteroatoms. The van der Waals surface area contributed by atoms with E-state index in [-0.39, 0.29) is 0 Å². The van der Waals surface area contributed by atoms with Crippen molar-refractivity contribution in [3.8, 4) is 0 Å². The first-order valence-electron chi connectivity index (χ1n) is 5.68. The average molecular weight is 228 g/mol. The van der Waals surface area contributed by atoms with Crippen LogP contribution in [0.1, 0.15) is 33.1 Å². The van der Waals surface area contributed by atoms with Crippen LogP contribution in [0.5, 0.6) is 0 Å². The van der Waals surface area contributed by atoms with Crippen LogP contribution in [0, 0.1) is 0 Å². The first-order chi connectivity index (χ1) is 7.58. The van der Waals surface area contributed by atoms with Crippen molar-refractivity contribution in [3.05, 3.63) is 11.6 Å². The summed E-state index contributed by atoms with van der Waals surface area (Å²) in [5.74, 6) is -0.400. The Bertz CT molecular complexity index is 278. The zero-order chi connectivity index (χ0) is 12.1. The van der Waals surface area contributed by atoms with Crippen LogP contribution in [-0.2, 0) is 9.53 Å². The highest BCUT2D eigenvalue weighted by atomic mass is 16.6. The van der Waals surface area contributed by atoms with Gasteiger partial charge in [0.15, 0.2) is 6.29 Å². The Kier molecular flexibility index (Phi) is 4.92. The van der Waals surface area contributed by atoms with Crippen LogP contribution in [0.2, 0.25) is 0 Å². The third-order valence-electron chi connectivity index (χ3n) is 2.61. The van der Waals surface area contributed by atoms with E-state index >= 15 is 0 Å². The standard InChI is InChI=1S/C11H20N2O3/c1-3-5-7-6-9(14)16-11(7)13-8(4-2)10(12)15/h6,8-9,11,13-14H,3-5H2,1-2H3,(H2,12,15)/t8-,9?,11?/m0/s1. The number of ether oxygens (including phenoxy) is 1. The monoisotopic (exact) mass is 228 g/mol. The number of carbonyl (C=O) groups excluding carboxylic acids is 1. The van der Waals surface area contributed by atoms with Gasteiger partial charge in [0.1, 0.15) is 6.23 Å². The highest BCUT2D eigenvalue weighted by Crippen LogP contribution is 2.21. The summed E-state index contributed by atoms with van der Waals surface area (Å²) >= 11 is 0. The van der Waals surface area contributed by atoms with Crippen molar-refractivity contribution in [2.24, 2.45) is 5.73 Å². The molecule has 0 aliphatic carbocycles. The van der Waals surface area contributed by atoms with E-state index in [0.29, 0.717) is 6.42 Å². The van der Waals surface area contributed by atoms with Crippen LogP contribution < -0.4 is 11.1 Å². The van der Waals surface area contributed by atoms with Crippen molar-refractivity contribution in [3.63, 3.8) is 0 Å². The number of primary amides is 1. The Morgan fingerprint density at radius 3 is 2.88 bits per heavy atom. The third-order valence-corrected chi connectivity index (χ3v) is 2.61. The number of carbonyl (C=O) groups is 1. The highest BCUT2D eigenvalue weighted by molar-refractivity contribution is 5.79. The summed E-state index contributed by atoms with van der Waals surface area (Å²) in [7, 11) is 0. The van der Waals surface area contributed by atoms with Gasteiger partial charge in [-0.2, -0.15) is 0 Å². The Morgan fingerprint density at radius 1 is 1.69 bits per heavy atom. The lowest BCUT2D eigenvalue weighted by Gasteiger charge is -2.21. The van der Waals surface area contributed by atoms with E-state index in [4.69, 9.17) is 10.5 Å². The molecule has 0 fully saturated rings. The molecule has 1 heterocycles. The molecule has 2 unspecified atom stereocenters. The van der Waals surface area contributed by atoms with Crippen LogP contribution in [-0.4, -0.2) is 29.6 Å². The Balaban J connectivity index is 2.59. The number of amides is 1. The Labute approximate surface area is 95.7 Å². The molecular formula is C11H20N2O3. The molecule has 0 aromatic heterocycles. The van der Waals surface area contributed by atoms with Crippen molar-refractivity contribution in [2.75, 3.05) is 0 Å². The molecule has 0 aromatic rings. The second kappa shape index (κ2) is 5.98. The molecule has 0 spiro atoms. The van der Waals surface area contributed by atoms with Gasteiger partial charge in [0.05, 0.1) is 6.04 Å². The normalized spacial score (nSPS) is 26.6. The minimum atomic E-state index is -0.885. The summed E-state index contributed by atoms with van der Waals surface area (Å²) in [6.07, 6.45) is 2.80. The van der Waals surface area contributed by atoms with Gasteiger partial charge in [0.2, 0.25) is 5.91 Å². The molecule has 16 heavy (non-hydrogen) atoms. The van der Waals surface area contributed by atoms with Gasteiger partial charge < -0.3 is 15.6 Å². The third kappa shape index (κ3) is 3.30. The Hall–Kier alpha value is -0.910. The molecule has 5 nitrogen and oxygen atoms in total. The minimum absolute atomic E-state index is 0.396. The predicted octanol–water partition coefficient (Wildman–Crippen LogP) is 0.241. The van der Waals surface area contributed by atoms with E-state index in [1.807, 2.05) is 13.8 Å². The summed E-state index contributed by atoms with van der Waals surface area (Å²) in [5, 5.41) is 12.4. The second-order valence-corrected chi connectivity index (χ2v) is 3.93. The van der Waals surface area contributed by atoms with Gasteiger partial charge in [-0.05, 0) is 24.5 Å². The molecule has 0 bridgehead atoms. The maximum Gasteiger partial charge on any atom is 0.234 e. The number of aliphatic hydroxyl groups is 1. The molecule has 0 saturated carbocycles. The largest absolute Gasteiger partial charge is 0.368 e. The van der Waals surface area contributed by atoms with Gasteiger partial charge in [0.25, 0.3) is 0 Å². The van der Waals surface area contributed by atoms with Crippen LogP contribution >= 0.6 is 0 Å². The molecule has 3 atom stereocenters. The fraction of sp³-hybridized carbons (Fsp3) is 0.727. The second-order valence-electron chi connectivity index (χ2n) is 3.93. The van der Waals surface area contributed by atoms with Crippen LogP contribution in [0.15, 0.2) is 11.6 Å². The van der Waals surface area contributed by atoms with E-state index < -0.39 is 24.5 Å². The quantitative estimate of drug-likeness (QED) is 0.569. The number of nitrogens with one attached hydrogen (secondary N) is 1. The average Bonchev–Trinajstić information content (AvgIpc) is 2.55. The van der Waals surface area contributed by atoms with Crippen LogP contribution in [0.25, 0.3) is 0 Å². The SMILES string of the molecule is CCCC1=CC(O)OC1N[C@@H](CC)C(N)=O. The summed E-state index contributed by atoms with van der Waals surface area (Å²) in [6, 6.07) is -0.421. The van der Waals surface area contributed by atoms with E-state index in [0.717, 1.165) is 18.4 Å². The number of hydrogen-bond acceptors (Lipinski definition) is 4. The van der Waals surface area contributed by atoms with Crippen molar-refractivity contribution in [1.82, 2.24) is 5.32 Å². The lowest BCUT2D eigenvalue weighted by atomic mass is 10.1. The van der Waals surface area contributed by atoms with Crippen molar-refractivity contribution < 1.29 is 14.6 Å². The van der Waals surface area contributed by atoms with E-state index in [1.54, 1.807) is 6.08 Å². The van der Waals surface area contributed by atoms with Gasteiger partial charge in [-0.25, -0.2) is 0 Å². The Morgan fingerprint density at radius 2 is 2.38 bits per heavy atom. The molecule has 4 N–H and O–H groups in total. The van der Waals surface area contributed by atoms with Gasteiger partial charge in [-0.15, -0.1) is 0 Å².